The number of hydrogen-bond acceptors (Lipinski definition) is 3. The van der Waals surface area contributed by atoms with Gasteiger partial charge < -0.3 is 0 Å². The second-order valence-electron chi connectivity index (χ2n) is 5.64. The summed E-state index contributed by atoms with van der Waals surface area (Å²) in [5.74, 6) is 0.753. The van der Waals surface area contributed by atoms with Crippen LogP contribution in [0.25, 0.3) is 28.1 Å². The van der Waals surface area contributed by atoms with Crippen LogP contribution in [-0.4, -0.2) is 14.5 Å². The van der Waals surface area contributed by atoms with E-state index >= 15 is 0 Å². The van der Waals surface area contributed by atoms with Crippen molar-refractivity contribution >= 4 is 23.1 Å². The fourth-order valence-electron chi connectivity index (χ4n) is 2.73. The summed E-state index contributed by atoms with van der Waals surface area (Å²) in [6.45, 7) is 2.07. The van der Waals surface area contributed by atoms with E-state index in [2.05, 4.69) is 36.2 Å². The standard InChI is InChI=1S/C20H15N3S/c1-14-9-11-15(12-10-14)23-19(18-8-4-5-13-21-18)22-17-7-3-2-6-16(17)20(23)24/h2-13H,1H3. The summed E-state index contributed by atoms with van der Waals surface area (Å²) < 4.78 is 2.74. The van der Waals surface area contributed by atoms with Crippen LogP contribution >= 0.6 is 12.2 Å². The van der Waals surface area contributed by atoms with Crippen molar-refractivity contribution < 1.29 is 0 Å². The molecule has 0 bridgehead atoms. The number of aryl methyl sites for hydroxylation is 1. The topological polar surface area (TPSA) is 30.7 Å². The van der Waals surface area contributed by atoms with E-state index in [1.165, 1.54) is 5.56 Å². The third-order valence-electron chi connectivity index (χ3n) is 3.96. The van der Waals surface area contributed by atoms with E-state index in [1.54, 1.807) is 6.20 Å². The van der Waals surface area contributed by atoms with Gasteiger partial charge in [0, 0.05) is 17.3 Å². The molecule has 0 aliphatic carbocycles. The summed E-state index contributed by atoms with van der Waals surface area (Å²) in [6, 6.07) is 22.1. The summed E-state index contributed by atoms with van der Waals surface area (Å²) in [4.78, 5) is 9.31. The number of benzene rings is 2. The summed E-state index contributed by atoms with van der Waals surface area (Å²) in [5.41, 5.74) is 3.88. The van der Waals surface area contributed by atoms with Gasteiger partial charge in [0.05, 0.1) is 5.52 Å². The van der Waals surface area contributed by atoms with Crippen LogP contribution in [0.4, 0.5) is 0 Å². The van der Waals surface area contributed by atoms with Gasteiger partial charge in [-0.25, -0.2) is 4.98 Å². The Morgan fingerprint density at radius 1 is 0.875 bits per heavy atom. The van der Waals surface area contributed by atoms with Crippen molar-refractivity contribution in [3.8, 4) is 17.2 Å². The molecule has 116 valence electrons. The smallest absolute Gasteiger partial charge is 0.164 e. The van der Waals surface area contributed by atoms with Crippen LogP contribution in [0.15, 0.2) is 72.9 Å². The maximum absolute atomic E-state index is 5.79. The van der Waals surface area contributed by atoms with Crippen molar-refractivity contribution in [3.63, 3.8) is 0 Å². The van der Waals surface area contributed by atoms with Crippen LogP contribution in [0, 0.1) is 11.6 Å². The van der Waals surface area contributed by atoms with Gasteiger partial charge in [-0.15, -0.1) is 0 Å². The van der Waals surface area contributed by atoms with Crippen molar-refractivity contribution in [1.29, 1.82) is 0 Å². The lowest BCUT2D eigenvalue weighted by Gasteiger charge is -2.15. The number of para-hydroxylation sites is 1. The van der Waals surface area contributed by atoms with E-state index in [-0.39, 0.29) is 0 Å². The molecule has 2 aromatic heterocycles. The van der Waals surface area contributed by atoms with Crippen LogP contribution in [0.2, 0.25) is 0 Å². The Kier molecular flexibility index (Phi) is 3.67. The van der Waals surface area contributed by atoms with E-state index in [0.29, 0.717) is 0 Å². The lowest BCUT2D eigenvalue weighted by atomic mass is 10.2. The van der Waals surface area contributed by atoms with Gasteiger partial charge in [0.25, 0.3) is 0 Å². The van der Waals surface area contributed by atoms with Crippen LogP contribution in [0.3, 0.4) is 0 Å². The van der Waals surface area contributed by atoms with Crippen molar-refractivity contribution in [2.24, 2.45) is 0 Å². The first-order valence-electron chi connectivity index (χ1n) is 7.74. The minimum Gasteiger partial charge on any atom is -0.283 e. The second kappa shape index (κ2) is 5.98. The zero-order chi connectivity index (χ0) is 16.5. The highest BCUT2D eigenvalue weighted by Gasteiger charge is 2.12. The lowest BCUT2D eigenvalue weighted by Crippen LogP contribution is -2.06. The third-order valence-corrected chi connectivity index (χ3v) is 4.36. The quantitative estimate of drug-likeness (QED) is 0.478. The zero-order valence-electron chi connectivity index (χ0n) is 13.2. The molecule has 0 atom stereocenters. The minimum absolute atomic E-state index is 0.741. The van der Waals surface area contributed by atoms with Crippen molar-refractivity contribution in [3.05, 3.63) is 83.1 Å². The van der Waals surface area contributed by atoms with Crippen molar-refractivity contribution in [2.45, 2.75) is 6.92 Å². The molecule has 0 spiro atoms. The van der Waals surface area contributed by atoms with Crippen LogP contribution in [-0.2, 0) is 0 Å². The molecule has 2 heterocycles. The monoisotopic (exact) mass is 329 g/mol. The number of pyridine rings is 1. The van der Waals surface area contributed by atoms with Crippen LogP contribution in [0.1, 0.15) is 5.56 Å². The molecule has 0 saturated carbocycles. The van der Waals surface area contributed by atoms with Gasteiger partial charge in [-0.2, -0.15) is 0 Å². The predicted octanol–water partition coefficient (Wildman–Crippen LogP) is 5.13. The molecule has 4 aromatic rings. The summed E-state index contributed by atoms with van der Waals surface area (Å²) in [5, 5.41) is 0.966. The van der Waals surface area contributed by atoms with E-state index in [9.17, 15) is 0 Å². The Balaban J connectivity index is 2.11. The number of hydrogen-bond donors (Lipinski definition) is 0. The number of nitrogens with zero attached hydrogens (tertiary/aromatic N) is 3. The summed E-state index contributed by atoms with van der Waals surface area (Å²) >= 11 is 5.79. The molecule has 0 fully saturated rings. The van der Waals surface area contributed by atoms with Gasteiger partial charge in [0.2, 0.25) is 0 Å². The zero-order valence-corrected chi connectivity index (χ0v) is 14.0. The molecule has 4 rings (SSSR count). The van der Waals surface area contributed by atoms with Crippen molar-refractivity contribution in [1.82, 2.24) is 14.5 Å². The van der Waals surface area contributed by atoms with Crippen LogP contribution < -0.4 is 0 Å². The fourth-order valence-corrected chi connectivity index (χ4v) is 3.10. The molecule has 0 aliphatic rings. The van der Waals surface area contributed by atoms with E-state index in [4.69, 9.17) is 17.2 Å². The molecule has 4 heteroatoms. The largest absolute Gasteiger partial charge is 0.283 e. The molecule has 24 heavy (non-hydrogen) atoms. The first-order valence-corrected chi connectivity index (χ1v) is 8.15. The Bertz CT molecular complexity index is 1070. The Morgan fingerprint density at radius 2 is 1.62 bits per heavy atom. The van der Waals surface area contributed by atoms with Crippen LogP contribution in [0.5, 0.6) is 0 Å². The highest BCUT2D eigenvalue weighted by Crippen LogP contribution is 2.25. The molecular weight excluding hydrogens is 314 g/mol. The number of aromatic nitrogens is 3. The van der Waals surface area contributed by atoms with Gasteiger partial charge >= 0.3 is 0 Å². The minimum atomic E-state index is 0.741. The molecule has 0 unspecified atom stereocenters. The predicted molar refractivity (Wildman–Crippen MR) is 99.9 cm³/mol. The first-order chi connectivity index (χ1) is 11.7. The third kappa shape index (κ3) is 2.51. The number of fused-ring (bicyclic) bond motifs is 1. The average molecular weight is 329 g/mol. The lowest BCUT2D eigenvalue weighted by molar-refractivity contribution is 0.990. The Hall–Kier alpha value is -2.85. The van der Waals surface area contributed by atoms with E-state index < -0.39 is 0 Å². The number of rotatable bonds is 2. The molecule has 0 amide bonds. The average Bonchev–Trinajstić information content (AvgIpc) is 2.63. The Labute approximate surface area is 145 Å². The molecule has 0 radical (unpaired) electrons. The highest BCUT2D eigenvalue weighted by molar-refractivity contribution is 7.71. The highest BCUT2D eigenvalue weighted by atomic mass is 32.1. The summed E-state index contributed by atoms with van der Waals surface area (Å²) in [6.07, 6.45) is 1.77. The second-order valence-corrected chi connectivity index (χ2v) is 6.03. The van der Waals surface area contributed by atoms with E-state index in [1.807, 2.05) is 47.0 Å². The van der Waals surface area contributed by atoms with Crippen molar-refractivity contribution in [2.75, 3.05) is 0 Å². The molecule has 0 N–H and O–H groups in total. The molecule has 3 nitrogen and oxygen atoms in total. The van der Waals surface area contributed by atoms with Gasteiger partial charge in [0.1, 0.15) is 10.3 Å². The van der Waals surface area contributed by atoms with Gasteiger partial charge in [-0.1, -0.05) is 48.1 Å². The molecule has 0 saturated heterocycles. The fraction of sp³-hybridized carbons (Fsp3) is 0.0500. The Morgan fingerprint density at radius 3 is 2.38 bits per heavy atom. The maximum atomic E-state index is 5.79. The molecular formula is C20H15N3S. The van der Waals surface area contributed by atoms with Gasteiger partial charge in [0.15, 0.2) is 5.82 Å². The SMILES string of the molecule is Cc1ccc(-n2c(-c3ccccn3)nc3ccccc3c2=S)cc1. The van der Waals surface area contributed by atoms with Gasteiger partial charge in [-0.3, -0.25) is 9.55 Å². The normalized spacial score (nSPS) is 10.9. The maximum Gasteiger partial charge on any atom is 0.164 e. The summed E-state index contributed by atoms with van der Waals surface area (Å²) in [7, 11) is 0. The molecule has 2 aromatic carbocycles. The first kappa shape index (κ1) is 14.7. The molecule has 0 aliphatic heterocycles. The van der Waals surface area contributed by atoms with Gasteiger partial charge in [-0.05, 0) is 43.3 Å². The van der Waals surface area contributed by atoms with E-state index in [0.717, 1.165) is 32.7 Å².